The molecule has 0 aromatic carbocycles. The molecule has 5 nitrogen and oxygen atoms in total. The van der Waals surface area contributed by atoms with E-state index < -0.39 is 5.60 Å². The minimum atomic E-state index is -0.485. The van der Waals surface area contributed by atoms with Gasteiger partial charge in [0.05, 0.1) is 12.5 Å². The summed E-state index contributed by atoms with van der Waals surface area (Å²) < 4.78 is 10.1. The Morgan fingerprint density at radius 2 is 1.62 bits per heavy atom. The number of methoxy groups -OCH3 is 1. The normalized spacial score (nSPS) is 29.6. The maximum atomic E-state index is 11.8. The summed E-state index contributed by atoms with van der Waals surface area (Å²) in [7, 11) is 1.44. The van der Waals surface area contributed by atoms with Crippen LogP contribution in [0, 0.1) is 10.8 Å². The number of amides is 1. The summed E-state index contributed by atoms with van der Waals surface area (Å²) in [6, 6.07) is 0. The van der Waals surface area contributed by atoms with Crippen molar-refractivity contribution in [2.24, 2.45) is 10.8 Å². The molecule has 1 amide bonds. The van der Waals surface area contributed by atoms with Gasteiger partial charge in [0.1, 0.15) is 5.60 Å². The van der Waals surface area contributed by atoms with Gasteiger partial charge in [0, 0.05) is 6.54 Å². The first-order chi connectivity index (χ1) is 9.50. The Balaban J connectivity index is 2.48. The second-order valence-electron chi connectivity index (χ2n) is 7.72. The molecule has 5 heteroatoms. The van der Waals surface area contributed by atoms with Gasteiger partial charge >= 0.3 is 12.1 Å². The zero-order chi connectivity index (χ0) is 16.3. The molecule has 21 heavy (non-hydrogen) atoms. The molecule has 0 saturated heterocycles. The molecular weight excluding hydrogens is 270 g/mol. The summed E-state index contributed by atoms with van der Waals surface area (Å²) >= 11 is 0. The molecule has 0 atom stereocenters. The lowest BCUT2D eigenvalue weighted by molar-refractivity contribution is -0.155. The SMILES string of the molecule is COC(=O)C1(C)CCC(C)(CNC(=O)OC(C)(C)C)CC1. The summed E-state index contributed by atoms with van der Waals surface area (Å²) in [6.45, 7) is 10.2. The van der Waals surface area contributed by atoms with E-state index in [9.17, 15) is 9.59 Å². The van der Waals surface area contributed by atoms with Gasteiger partial charge in [-0.05, 0) is 58.8 Å². The maximum Gasteiger partial charge on any atom is 0.407 e. The highest BCUT2D eigenvalue weighted by Gasteiger charge is 2.42. The average Bonchev–Trinajstić information content (AvgIpc) is 2.38. The number of esters is 1. The summed E-state index contributed by atoms with van der Waals surface area (Å²) in [5.41, 5.74) is -0.869. The van der Waals surface area contributed by atoms with Crippen LogP contribution in [0.5, 0.6) is 0 Å². The van der Waals surface area contributed by atoms with Crippen molar-refractivity contribution in [2.45, 2.75) is 65.9 Å². The molecular formula is C16H29NO4. The van der Waals surface area contributed by atoms with E-state index in [0.717, 1.165) is 25.7 Å². The van der Waals surface area contributed by atoms with Crippen molar-refractivity contribution in [1.82, 2.24) is 5.32 Å². The summed E-state index contributed by atoms with van der Waals surface area (Å²) in [5.74, 6) is -0.135. The fourth-order valence-corrected chi connectivity index (χ4v) is 2.63. The van der Waals surface area contributed by atoms with Crippen LogP contribution < -0.4 is 5.32 Å². The van der Waals surface area contributed by atoms with Crippen molar-refractivity contribution < 1.29 is 19.1 Å². The second kappa shape index (κ2) is 6.24. The quantitative estimate of drug-likeness (QED) is 0.812. The minimum absolute atomic E-state index is 0.00440. The Kier molecular flexibility index (Phi) is 5.29. The molecule has 1 rings (SSSR count). The largest absolute Gasteiger partial charge is 0.469 e. The lowest BCUT2D eigenvalue weighted by Gasteiger charge is -2.41. The molecule has 0 spiro atoms. The first-order valence-electron chi connectivity index (χ1n) is 7.55. The predicted octanol–water partition coefficient (Wildman–Crippen LogP) is 3.27. The highest BCUT2D eigenvalue weighted by molar-refractivity contribution is 5.76. The van der Waals surface area contributed by atoms with E-state index in [4.69, 9.17) is 9.47 Å². The molecule has 0 bridgehead atoms. The summed E-state index contributed by atoms with van der Waals surface area (Å²) in [6.07, 6.45) is 2.95. The molecule has 0 aliphatic heterocycles. The number of hydrogen-bond acceptors (Lipinski definition) is 4. The summed E-state index contributed by atoms with van der Waals surface area (Å²) in [5, 5.41) is 2.84. The zero-order valence-electron chi connectivity index (χ0n) is 14.2. The Morgan fingerprint density at radius 1 is 1.10 bits per heavy atom. The number of rotatable bonds is 3. The van der Waals surface area contributed by atoms with Crippen LogP contribution in [0.4, 0.5) is 4.79 Å². The van der Waals surface area contributed by atoms with Gasteiger partial charge in [-0.3, -0.25) is 4.79 Å². The maximum absolute atomic E-state index is 11.8. The van der Waals surface area contributed by atoms with Crippen LogP contribution in [-0.4, -0.2) is 31.3 Å². The van der Waals surface area contributed by atoms with E-state index in [2.05, 4.69) is 12.2 Å². The third-order valence-corrected chi connectivity index (χ3v) is 4.30. The van der Waals surface area contributed by atoms with Gasteiger partial charge in [0.25, 0.3) is 0 Å². The molecule has 1 N–H and O–H groups in total. The van der Waals surface area contributed by atoms with Crippen molar-refractivity contribution in [3.8, 4) is 0 Å². The van der Waals surface area contributed by atoms with Crippen LogP contribution >= 0.6 is 0 Å². The van der Waals surface area contributed by atoms with Gasteiger partial charge in [0.2, 0.25) is 0 Å². The van der Waals surface area contributed by atoms with Crippen LogP contribution in [0.25, 0.3) is 0 Å². The Bertz CT molecular complexity index is 390. The van der Waals surface area contributed by atoms with Gasteiger partial charge in [0.15, 0.2) is 0 Å². The van der Waals surface area contributed by atoms with E-state index in [1.54, 1.807) is 0 Å². The fraction of sp³-hybridized carbons (Fsp3) is 0.875. The monoisotopic (exact) mass is 299 g/mol. The number of hydrogen-bond donors (Lipinski definition) is 1. The van der Waals surface area contributed by atoms with Gasteiger partial charge in [-0.15, -0.1) is 0 Å². The third-order valence-electron chi connectivity index (χ3n) is 4.30. The summed E-state index contributed by atoms with van der Waals surface area (Å²) in [4.78, 5) is 23.5. The predicted molar refractivity (Wildman–Crippen MR) is 80.9 cm³/mol. The van der Waals surface area contributed by atoms with E-state index in [0.29, 0.717) is 6.54 Å². The van der Waals surface area contributed by atoms with Crippen LogP contribution in [0.1, 0.15) is 60.3 Å². The van der Waals surface area contributed by atoms with Crippen molar-refractivity contribution >= 4 is 12.1 Å². The average molecular weight is 299 g/mol. The third kappa shape index (κ3) is 5.21. The van der Waals surface area contributed by atoms with Gasteiger partial charge in [-0.1, -0.05) is 6.92 Å². The van der Waals surface area contributed by atoms with Crippen molar-refractivity contribution in [2.75, 3.05) is 13.7 Å². The smallest absolute Gasteiger partial charge is 0.407 e. The molecule has 1 saturated carbocycles. The Hall–Kier alpha value is -1.26. The zero-order valence-corrected chi connectivity index (χ0v) is 14.2. The number of carbonyl (C=O) groups excluding carboxylic acids is 2. The lowest BCUT2D eigenvalue weighted by Crippen LogP contribution is -2.43. The van der Waals surface area contributed by atoms with E-state index in [1.165, 1.54) is 7.11 Å². The fourth-order valence-electron chi connectivity index (χ4n) is 2.63. The molecule has 1 aliphatic carbocycles. The molecule has 1 aliphatic rings. The van der Waals surface area contributed by atoms with Crippen LogP contribution in [0.3, 0.4) is 0 Å². The lowest BCUT2D eigenvalue weighted by atomic mass is 9.65. The molecule has 0 heterocycles. The van der Waals surface area contributed by atoms with E-state index in [-0.39, 0.29) is 22.9 Å². The molecule has 122 valence electrons. The van der Waals surface area contributed by atoms with E-state index >= 15 is 0 Å². The van der Waals surface area contributed by atoms with Crippen LogP contribution in [0.15, 0.2) is 0 Å². The highest BCUT2D eigenvalue weighted by atomic mass is 16.6. The standard InChI is InChI=1S/C16H29NO4/c1-14(2,3)21-13(19)17-11-15(4)7-9-16(5,10-8-15)12(18)20-6/h7-11H2,1-6H3,(H,17,19). The van der Waals surface area contributed by atoms with E-state index in [1.807, 2.05) is 27.7 Å². The van der Waals surface area contributed by atoms with Gasteiger partial charge in [-0.25, -0.2) is 4.79 Å². The molecule has 1 fully saturated rings. The number of ether oxygens (including phenoxy) is 2. The minimum Gasteiger partial charge on any atom is -0.469 e. The Labute approximate surface area is 127 Å². The number of nitrogens with one attached hydrogen (secondary N) is 1. The Morgan fingerprint density at radius 3 is 2.05 bits per heavy atom. The first-order valence-corrected chi connectivity index (χ1v) is 7.55. The molecule has 0 aromatic heterocycles. The topological polar surface area (TPSA) is 64.6 Å². The van der Waals surface area contributed by atoms with Crippen molar-refractivity contribution in [3.05, 3.63) is 0 Å². The van der Waals surface area contributed by atoms with Crippen LogP contribution in [-0.2, 0) is 14.3 Å². The van der Waals surface area contributed by atoms with Gasteiger partial charge in [-0.2, -0.15) is 0 Å². The number of alkyl carbamates (subject to hydrolysis) is 1. The molecule has 0 radical (unpaired) electrons. The number of carbonyl (C=O) groups is 2. The molecule has 0 unspecified atom stereocenters. The highest BCUT2D eigenvalue weighted by Crippen LogP contribution is 2.45. The van der Waals surface area contributed by atoms with Crippen molar-refractivity contribution in [1.29, 1.82) is 0 Å². The van der Waals surface area contributed by atoms with Crippen LogP contribution in [0.2, 0.25) is 0 Å². The first kappa shape index (κ1) is 17.8. The second-order valence-corrected chi connectivity index (χ2v) is 7.72. The van der Waals surface area contributed by atoms with Gasteiger partial charge < -0.3 is 14.8 Å². The molecule has 0 aromatic rings. The van der Waals surface area contributed by atoms with Crippen molar-refractivity contribution in [3.63, 3.8) is 0 Å².